The van der Waals surface area contributed by atoms with E-state index in [0.29, 0.717) is 0 Å². The third-order valence-corrected chi connectivity index (χ3v) is 5.67. The zero-order valence-electron chi connectivity index (χ0n) is 11.9. The van der Waals surface area contributed by atoms with E-state index in [1.807, 2.05) is 6.07 Å². The highest BCUT2D eigenvalue weighted by molar-refractivity contribution is 7.91. The lowest BCUT2D eigenvalue weighted by atomic mass is 10.0. The Balaban J connectivity index is 2.08. The van der Waals surface area contributed by atoms with Gasteiger partial charge in [0.05, 0.1) is 5.25 Å². The molecule has 0 amide bonds. The fourth-order valence-electron chi connectivity index (χ4n) is 2.99. The summed E-state index contributed by atoms with van der Waals surface area (Å²) in [6.45, 7) is 4.18. The van der Waals surface area contributed by atoms with Gasteiger partial charge in [-0.25, -0.2) is 8.42 Å². The molecule has 0 saturated heterocycles. The highest BCUT2D eigenvalue weighted by atomic mass is 32.2. The van der Waals surface area contributed by atoms with E-state index < -0.39 is 9.84 Å². The SMILES string of the molecule is Cc1cccc([C@H](C)NC2CCCC2S(C)(=O)=O)c1. The lowest BCUT2D eigenvalue weighted by molar-refractivity contribution is 0.455. The van der Waals surface area contributed by atoms with E-state index in [1.54, 1.807) is 0 Å². The van der Waals surface area contributed by atoms with E-state index >= 15 is 0 Å². The lowest BCUT2D eigenvalue weighted by Gasteiger charge is -2.24. The summed E-state index contributed by atoms with van der Waals surface area (Å²) in [5.74, 6) is 0. The van der Waals surface area contributed by atoms with Crippen molar-refractivity contribution in [3.63, 3.8) is 0 Å². The van der Waals surface area contributed by atoms with Crippen LogP contribution in [0.3, 0.4) is 0 Å². The topological polar surface area (TPSA) is 46.2 Å². The van der Waals surface area contributed by atoms with Gasteiger partial charge in [0.1, 0.15) is 0 Å². The summed E-state index contributed by atoms with van der Waals surface area (Å²) >= 11 is 0. The van der Waals surface area contributed by atoms with E-state index in [1.165, 1.54) is 17.4 Å². The normalized spacial score (nSPS) is 25.4. The van der Waals surface area contributed by atoms with Gasteiger partial charge in [-0.15, -0.1) is 0 Å². The van der Waals surface area contributed by atoms with Crippen LogP contribution in [0.15, 0.2) is 24.3 Å². The average Bonchev–Trinajstić information content (AvgIpc) is 2.77. The van der Waals surface area contributed by atoms with Crippen LogP contribution in [0.1, 0.15) is 43.4 Å². The summed E-state index contributed by atoms with van der Waals surface area (Å²) in [6, 6.07) is 8.64. The van der Waals surface area contributed by atoms with Crippen LogP contribution in [0.2, 0.25) is 0 Å². The molecule has 1 N–H and O–H groups in total. The summed E-state index contributed by atoms with van der Waals surface area (Å²) < 4.78 is 23.6. The largest absolute Gasteiger partial charge is 0.306 e. The molecular formula is C15H23NO2S. The molecule has 19 heavy (non-hydrogen) atoms. The maximum absolute atomic E-state index is 11.8. The number of sulfone groups is 1. The number of aryl methyl sites for hydroxylation is 1. The van der Waals surface area contributed by atoms with Gasteiger partial charge < -0.3 is 5.32 Å². The lowest BCUT2D eigenvalue weighted by Crippen LogP contribution is -2.41. The van der Waals surface area contributed by atoms with Gasteiger partial charge in [0.15, 0.2) is 9.84 Å². The Labute approximate surface area is 116 Å². The molecule has 3 atom stereocenters. The monoisotopic (exact) mass is 281 g/mol. The zero-order valence-corrected chi connectivity index (χ0v) is 12.7. The first-order valence-corrected chi connectivity index (χ1v) is 8.85. The molecule has 0 aromatic heterocycles. The maximum Gasteiger partial charge on any atom is 0.151 e. The van der Waals surface area contributed by atoms with Crippen LogP contribution >= 0.6 is 0 Å². The Hall–Kier alpha value is -0.870. The smallest absolute Gasteiger partial charge is 0.151 e. The van der Waals surface area contributed by atoms with Crippen molar-refractivity contribution in [3.8, 4) is 0 Å². The molecule has 0 aliphatic heterocycles. The number of nitrogens with one attached hydrogen (secondary N) is 1. The molecule has 4 heteroatoms. The fourth-order valence-corrected chi connectivity index (χ4v) is 4.39. The first-order chi connectivity index (χ1) is 8.88. The van der Waals surface area contributed by atoms with Crippen LogP contribution in [-0.4, -0.2) is 26.0 Å². The minimum Gasteiger partial charge on any atom is -0.306 e. The Morgan fingerprint density at radius 2 is 2.05 bits per heavy atom. The van der Waals surface area contributed by atoms with Gasteiger partial charge in [0.2, 0.25) is 0 Å². The van der Waals surface area contributed by atoms with E-state index in [9.17, 15) is 8.42 Å². The van der Waals surface area contributed by atoms with Crippen LogP contribution in [0.5, 0.6) is 0 Å². The maximum atomic E-state index is 11.8. The molecule has 1 aliphatic rings. The van der Waals surface area contributed by atoms with E-state index in [2.05, 4.69) is 37.4 Å². The van der Waals surface area contributed by atoms with E-state index in [4.69, 9.17) is 0 Å². The molecule has 1 aromatic carbocycles. The van der Waals surface area contributed by atoms with Crippen LogP contribution in [-0.2, 0) is 9.84 Å². The number of hydrogen-bond acceptors (Lipinski definition) is 3. The molecule has 2 rings (SSSR count). The van der Waals surface area contributed by atoms with Crippen molar-refractivity contribution in [1.82, 2.24) is 5.32 Å². The molecule has 0 radical (unpaired) electrons. The molecule has 1 aromatic rings. The molecule has 3 nitrogen and oxygen atoms in total. The van der Waals surface area contributed by atoms with Crippen molar-refractivity contribution in [2.24, 2.45) is 0 Å². The first-order valence-electron chi connectivity index (χ1n) is 6.89. The van der Waals surface area contributed by atoms with Gasteiger partial charge in [-0.3, -0.25) is 0 Å². The van der Waals surface area contributed by atoms with Crippen molar-refractivity contribution in [2.75, 3.05) is 6.26 Å². The van der Waals surface area contributed by atoms with Crippen LogP contribution in [0.4, 0.5) is 0 Å². The van der Waals surface area contributed by atoms with Gasteiger partial charge in [-0.1, -0.05) is 36.2 Å². The minimum absolute atomic E-state index is 0.0884. The van der Waals surface area contributed by atoms with Crippen molar-refractivity contribution >= 4 is 9.84 Å². The minimum atomic E-state index is -2.95. The third-order valence-electron chi connectivity index (χ3n) is 4.01. The molecule has 0 spiro atoms. The molecule has 1 aliphatic carbocycles. The summed E-state index contributed by atoms with van der Waals surface area (Å²) in [5, 5.41) is 3.28. The molecule has 0 bridgehead atoms. The quantitative estimate of drug-likeness (QED) is 0.923. The Morgan fingerprint density at radius 1 is 1.32 bits per heavy atom. The molecule has 1 saturated carbocycles. The zero-order chi connectivity index (χ0) is 14.0. The highest BCUT2D eigenvalue weighted by Crippen LogP contribution is 2.27. The highest BCUT2D eigenvalue weighted by Gasteiger charge is 2.35. The van der Waals surface area contributed by atoms with Gasteiger partial charge >= 0.3 is 0 Å². The first kappa shape index (κ1) is 14.5. The Kier molecular flexibility index (Phi) is 4.31. The van der Waals surface area contributed by atoms with Gasteiger partial charge in [0.25, 0.3) is 0 Å². The molecule has 2 unspecified atom stereocenters. The predicted molar refractivity (Wildman–Crippen MR) is 79.0 cm³/mol. The van der Waals surface area contributed by atoms with E-state index in [-0.39, 0.29) is 17.3 Å². The Bertz CT molecular complexity index is 539. The van der Waals surface area contributed by atoms with E-state index in [0.717, 1.165) is 19.3 Å². The predicted octanol–water partition coefficient (Wildman–Crippen LogP) is 2.61. The van der Waals surface area contributed by atoms with Crippen LogP contribution in [0.25, 0.3) is 0 Å². The van der Waals surface area contributed by atoms with Gasteiger partial charge in [0, 0.05) is 18.3 Å². The second-order valence-corrected chi connectivity index (χ2v) is 7.97. The molecular weight excluding hydrogens is 258 g/mol. The fraction of sp³-hybridized carbons (Fsp3) is 0.600. The van der Waals surface area contributed by atoms with Crippen LogP contribution < -0.4 is 5.32 Å². The number of rotatable bonds is 4. The second-order valence-electron chi connectivity index (χ2n) is 5.71. The number of hydrogen-bond donors (Lipinski definition) is 1. The third kappa shape index (κ3) is 3.57. The number of benzene rings is 1. The summed E-state index contributed by atoms with van der Waals surface area (Å²) in [6.07, 6.45) is 4.09. The summed E-state index contributed by atoms with van der Waals surface area (Å²) in [4.78, 5) is 0. The van der Waals surface area contributed by atoms with Crippen molar-refractivity contribution in [3.05, 3.63) is 35.4 Å². The standard InChI is InChI=1S/C15H23NO2S/c1-11-6-4-7-13(10-11)12(2)16-14-8-5-9-15(14)19(3,17)18/h4,6-7,10,12,14-16H,5,8-9H2,1-3H3/t12-,14?,15?/m0/s1. The Morgan fingerprint density at radius 3 is 2.68 bits per heavy atom. The molecule has 106 valence electrons. The van der Waals surface area contributed by atoms with Crippen molar-refractivity contribution < 1.29 is 8.42 Å². The summed E-state index contributed by atoms with van der Waals surface area (Å²) in [7, 11) is -2.95. The van der Waals surface area contributed by atoms with Crippen molar-refractivity contribution in [2.45, 2.75) is 50.4 Å². The van der Waals surface area contributed by atoms with Crippen molar-refractivity contribution in [1.29, 1.82) is 0 Å². The average molecular weight is 281 g/mol. The van der Waals surface area contributed by atoms with Gasteiger partial charge in [-0.05, 0) is 32.3 Å². The summed E-state index contributed by atoms with van der Waals surface area (Å²) in [5.41, 5.74) is 2.45. The molecule has 0 heterocycles. The van der Waals surface area contributed by atoms with Crippen LogP contribution in [0, 0.1) is 6.92 Å². The molecule has 1 fully saturated rings. The second kappa shape index (κ2) is 5.63. The van der Waals surface area contributed by atoms with Gasteiger partial charge in [-0.2, -0.15) is 0 Å².